The summed E-state index contributed by atoms with van der Waals surface area (Å²) in [5.41, 5.74) is 12.0. The minimum absolute atomic E-state index is 0.0671. The minimum Gasteiger partial charge on any atom is -0.456 e. The van der Waals surface area contributed by atoms with Crippen molar-refractivity contribution < 1.29 is 4.42 Å². The lowest BCUT2D eigenvalue weighted by Gasteiger charge is -2.24. The number of para-hydroxylation sites is 2. The van der Waals surface area contributed by atoms with Crippen molar-refractivity contribution in [1.82, 2.24) is 9.13 Å². The monoisotopic (exact) mass is 614 g/mol. The van der Waals surface area contributed by atoms with Gasteiger partial charge in [0.05, 0.1) is 23.1 Å². The molecule has 0 fully saturated rings. The Bertz CT molecular complexity index is 3070. The molecule has 0 saturated heterocycles. The molecule has 3 aromatic heterocycles. The third-order valence-electron chi connectivity index (χ3n) is 10.3. The molecule has 11 rings (SSSR count). The summed E-state index contributed by atoms with van der Waals surface area (Å²) in [4.78, 5) is 13.8. The number of aromatic nitrogens is 2. The summed E-state index contributed by atoms with van der Waals surface area (Å²) in [5, 5.41) is 7.50. The van der Waals surface area contributed by atoms with Crippen LogP contribution in [0, 0.1) is 0 Å². The van der Waals surface area contributed by atoms with E-state index in [1.54, 1.807) is 0 Å². The fraction of sp³-hybridized carbons (Fsp3) is 0.0227. The first kappa shape index (κ1) is 25.8. The minimum atomic E-state index is 0.0671. The molecule has 0 radical (unpaired) electrons. The molecule has 0 N–H and O–H groups in total. The molecule has 1 aliphatic rings. The van der Waals surface area contributed by atoms with E-state index in [-0.39, 0.29) is 5.56 Å². The number of rotatable bonds is 2. The van der Waals surface area contributed by atoms with Gasteiger partial charge in [-0.05, 0) is 88.3 Å². The first-order chi connectivity index (χ1) is 23.7. The standard InChI is InChI=1S/C44H26N2O2/c47-44-34-14-4-3-11-31(34)38-23-28(22-37-30-10-2-1-9-27(30)25-45(44)43(37)38)26-17-19-40-35(21-26)32-12-5-7-15-39(32)46(40)29-18-20-42-36(24-29)33-13-6-8-16-41(33)48-42/h1-24H,25H2. The highest BCUT2D eigenvalue weighted by Crippen LogP contribution is 2.42. The van der Waals surface area contributed by atoms with Gasteiger partial charge >= 0.3 is 0 Å². The molecule has 0 unspecified atom stereocenters. The van der Waals surface area contributed by atoms with Gasteiger partial charge < -0.3 is 13.6 Å². The quantitative estimate of drug-likeness (QED) is 0.182. The number of fused-ring (bicyclic) bond motifs is 10. The van der Waals surface area contributed by atoms with Gasteiger partial charge in [-0.15, -0.1) is 0 Å². The maximum atomic E-state index is 13.8. The maximum Gasteiger partial charge on any atom is 0.259 e. The molecule has 1 aliphatic heterocycles. The number of hydrogen-bond acceptors (Lipinski definition) is 2. The van der Waals surface area contributed by atoms with Crippen molar-refractivity contribution in [2.24, 2.45) is 0 Å². The lowest BCUT2D eigenvalue weighted by Crippen LogP contribution is -2.24. The molecule has 0 saturated carbocycles. The molecule has 0 bridgehead atoms. The van der Waals surface area contributed by atoms with Crippen molar-refractivity contribution in [2.45, 2.75) is 6.54 Å². The van der Waals surface area contributed by atoms with Crippen LogP contribution in [0.2, 0.25) is 0 Å². The average molecular weight is 615 g/mol. The van der Waals surface area contributed by atoms with E-state index in [0.29, 0.717) is 6.54 Å². The fourth-order valence-corrected chi connectivity index (χ4v) is 8.18. The first-order valence-electron chi connectivity index (χ1n) is 16.3. The summed E-state index contributed by atoms with van der Waals surface area (Å²) in [5.74, 6) is 0. The summed E-state index contributed by atoms with van der Waals surface area (Å²) in [6.07, 6.45) is 0. The molecule has 10 aromatic rings. The fourth-order valence-electron chi connectivity index (χ4n) is 8.18. The van der Waals surface area contributed by atoms with E-state index in [1.807, 2.05) is 34.9 Å². The Morgan fingerprint density at radius 2 is 1.19 bits per heavy atom. The van der Waals surface area contributed by atoms with Crippen LogP contribution in [-0.4, -0.2) is 9.13 Å². The lowest BCUT2D eigenvalue weighted by molar-refractivity contribution is 0.669. The van der Waals surface area contributed by atoms with Crippen LogP contribution in [0.5, 0.6) is 0 Å². The average Bonchev–Trinajstić information content (AvgIpc) is 3.68. The van der Waals surface area contributed by atoms with Crippen molar-refractivity contribution in [2.75, 3.05) is 0 Å². The van der Waals surface area contributed by atoms with E-state index in [4.69, 9.17) is 4.42 Å². The van der Waals surface area contributed by atoms with E-state index in [9.17, 15) is 4.79 Å². The van der Waals surface area contributed by atoms with Crippen LogP contribution in [0.1, 0.15) is 5.56 Å². The van der Waals surface area contributed by atoms with Crippen LogP contribution in [0.15, 0.2) is 155 Å². The van der Waals surface area contributed by atoms with Gasteiger partial charge in [-0.3, -0.25) is 4.79 Å². The van der Waals surface area contributed by atoms with Gasteiger partial charge in [-0.1, -0.05) is 84.9 Å². The lowest BCUT2D eigenvalue weighted by atomic mass is 9.88. The summed E-state index contributed by atoms with van der Waals surface area (Å²) in [6.45, 7) is 0.578. The van der Waals surface area contributed by atoms with Gasteiger partial charge in [0.1, 0.15) is 11.2 Å². The largest absolute Gasteiger partial charge is 0.456 e. The van der Waals surface area contributed by atoms with E-state index in [1.165, 1.54) is 21.9 Å². The summed E-state index contributed by atoms with van der Waals surface area (Å²) in [6, 6.07) is 51.3. The van der Waals surface area contributed by atoms with Crippen molar-refractivity contribution in [3.63, 3.8) is 0 Å². The zero-order chi connectivity index (χ0) is 31.5. The van der Waals surface area contributed by atoms with E-state index in [0.717, 1.165) is 77.0 Å². The Kier molecular flexibility index (Phi) is 5.01. The van der Waals surface area contributed by atoms with Crippen LogP contribution >= 0.6 is 0 Å². The Labute approximate surface area is 274 Å². The Balaban J connectivity index is 1.18. The van der Waals surface area contributed by atoms with Crippen LogP contribution in [0.4, 0.5) is 0 Å². The van der Waals surface area contributed by atoms with Crippen LogP contribution in [0.3, 0.4) is 0 Å². The maximum absolute atomic E-state index is 13.8. The van der Waals surface area contributed by atoms with Crippen LogP contribution in [0.25, 0.3) is 93.4 Å². The van der Waals surface area contributed by atoms with Gasteiger partial charge in [-0.2, -0.15) is 0 Å². The second-order valence-corrected chi connectivity index (χ2v) is 12.9. The van der Waals surface area contributed by atoms with Crippen LogP contribution in [-0.2, 0) is 6.54 Å². The van der Waals surface area contributed by atoms with Gasteiger partial charge in [0, 0.05) is 43.6 Å². The Morgan fingerprint density at radius 1 is 0.479 bits per heavy atom. The van der Waals surface area contributed by atoms with Crippen molar-refractivity contribution in [3.8, 4) is 27.9 Å². The molecule has 224 valence electrons. The third-order valence-corrected chi connectivity index (χ3v) is 10.3. The Hall–Kier alpha value is -6.39. The highest BCUT2D eigenvalue weighted by Gasteiger charge is 2.23. The molecule has 0 amide bonds. The molecule has 4 heterocycles. The Morgan fingerprint density at radius 3 is 2.10 bits per heavy atom. The molecule has 4 nitrogen and oxygen atoms in total. The summed E-state index contributed by atoms with van der Waals surface area (Å²) in [7, 11) is 0. The molecule has 48 heavy (non-hydrogen) atoms. The predicted molar refractivity (Wildman–Crippen MR) is 197 cm³/mol. The summed E-state index contributed by atoms with van der Waals surface area (Å²) < 4.78 is 10.5. The number of hydrogen-bond donors (Lipinski definition) is 0. The smallest absolute Gasteiger partial charge is 0.259 e. The number of nitrogens with zero attached hydrogens (tertiary/aromatic N) is 2. The van der Waals surface area contributed by atoms with E-state index in [2.05, 4.69) is 120 Å². The van der Waals surface area contributed by atoms with Gasteiger partial charge in [0.15, 0.2) is 0 Å². The second-order valence-electron chi connectivity index (χ2n) is 12.9. The molecule has 0 spiro atoms. The summed E-state index contributed by atoms with van der Waals surface area (Å²) >= 11 is 0. The zero-order valence-corrected chi connectivity index (χ0v) is 25.8. The normalized spacial score (nSPS) is 12.6. The topological polar surface area (TPSA) is 40.1 Å². The molecule has 0 aliphatic carbocycles. The number of pyridine rings is 1. The van der Waals surface area contributed by atoms with E-state index >= 15 is 0 Å². The van der Waals surface area contributed by atoms with Gasteiger partial charge in [-0.25, -0.2) is 0 Å². The van der Waals surface area contributed by atoms with Gasteiger partial charge in [0.2, 0.25) is 0 Å². The molecule has 4 heteroatoms. The van der Waals surface area contributed by atoms with Crippen LogP contribution < -0.4 is 5.56 Å². The first-order valence-corrected chi connectivity index (χ1v) is 16.3. The van der Waals surface area contributed by atoms with Crippen molar-refractivity contribution in [3.05, 3.63) is 162 Å². The second kappa shape index (κ2) is 9.34. The number of furan rings is 1. The van der Waals surface area contributed by atoms with E-state index < -0.39 is 0 Å². The highest BCUT2D eigenvalue weighted by molar-refractivity contribution is 6.14. The van der Waals surface area contributed by atoms with Gasteiger partial charge in [0.25, 0.3) is 5.56 Å². The SMILES string of the molecule is O=c1c2ccccc2c2cc(-c3ccc4c(c3)c3ccccc3n4-c3ccc4oc5ccccc5c4c3)cc3c2n1Cc1ccccc1-3. The molecular weight excluding hydrogens is 588 g/mol. The molecular formula is C44H26N2O2. The molecule has 7 aromatic carbocycles. The third kappa shape index (κ3) is 3.41. The predicted octanol–water partition coefficient (Wildman–Crippen LogP) is 10.8. The highest BCUT2D eigenvalue weighted by atomic mass is 16.3. The molecule has 0 atom stereocenters. The van der Waals surface area contributed by atoms with Crippen molar-refractivity contribution in [1.29, 1.82) is 0 Å². The van der Waals surface area contributed by atoms with Crippen molar-refractivity contribution >= 4 is 65.4 Å². The zero-order valence-electron chi connectivity index (χ0n) is 25.8. The number of benzene rings is 7.